The van der Waals surface area contributed by atoms with Gasteiger partial charge in [0.2, 0.25) is 0 Å². The van der Waals surface area contributed by atoms with E-state index in [9.17, 15) is 0 Å². The highest BCUT2D eigenvalue weighted by Gasteiger charge is 2.11. The molecule has 3 aromatic rings. The summed E-state index contributed by atoms with van der Waals surface area (Å²) in [5, 5.41) is 3.86. The topological polar surface area (TPSA) is 63.8 Å². The predicted octanol–water partition coefficient (Wildman–Crippen LogP) is 3.98. The first-order chi connectivity index (χ1) is 9.15. The molecule has 0 bridgehead atoms. The van der Waals surface area contributed by atoms with Gasteiger partial charge in [0.15, 0.2) is 0 Å². The molecule has 19 heavy (non-hydrogen) atoms. The number of aryl methyl sites for hydroxylation is 1. The number of benzene rings is 2. The minimum Gasteiger partial charge on any atom is -0.397 e. The largest absolute Gasteiger partial charge is 0.397 e. The molecule has 0 aliphatic heterocycles. The van der Waals surface area contributed by atoms with Gasteiger partial charge >= 0.3 is 0 Å². The van der Waals surface area contributed by atoms with Gasteiger partial charge in [-0.15, -0.1) is 0 Å². The summed E-state index contributed by atoms with van der Waals surface area (Å²) in [4.78, 5) is 0. The number of rotatable bonds is 2. The van der Waals surface area contributed by atoms with Crippen LogP contribution in [0.4, 0.5) is 17.1 Å². The maximum absolute atomic E-state index is 6.24. The van der Waals surface area contributed by atoms with Crippen LogP contribution in [0.3, 0.4) is 0 Å². The molecule has 0 saturated carbocycles. The van der Waals surface area contributed by atoms with E-state index in [-0.39, 0.29) is 0 Å². The van der Waals surface area contributed by atoms with Crippen molar-refractivity contribution in [2.24, 2.45) is 0 Å². The Morgan fingerprint density at radius 1 is 1.21 bits per heavy atom. The van der Waals surface area contributed by atoms with Crippen molar-refractivity contribution in [1.29, 1.82) is 0 Å². The Balaban J connectivity index is 2.12. The molecule has 2 aromatic carbocycles. The Hall–Kier alpha value is -1.85. The van der Waals surface area contributed by atoms with Gasteiger partial charge in [-0.25, -0.2) is 0 Å². The standard InChI is InChI=1S/C13H11ClN4S/c1-7-2-4-9(15)11(6-7)16-12-8(14)3-5-10-13(12)18-19-17-10/h2-6,16H,15H2,1H3. The van der Waals surface area contributed by atoms with Gasteiger partial charge in [-0.05, 0) is 36.8 Å². The lowest BCUT2D eigenvalue weighted by molar-refractivity contribution is 1.45. The lowest BCUT2D eigenvalue weighted by Crippen LogP contribution is -1.98. The number of aromatic nitrogens is 2. The zero-order valence-electron chi connectivity index (χ0n) is 10.1. The van der Waals surface area contributed by atoms with E-state index in [0.29, 0.717) is 10.7 Å². The normalized spacial score (nSPS) is 10.8. The van der Waals surface area contributed by atoms with Crippen LogP contribution in [0.15, 0.2) is 30.3 Å². The smallest absolute Gasteiger partial charge is 0.129 e. The van der Waals surface area contributed by atoms with Crippen LogP contribution >= 0.6 is 23.3 Å². The first-order valence-electron chi connectivity index (χ1n) is 5.69. The maximum Gasteiger partial charge on any atom is 0.129 e. The van der Waals surface area contributed by atoms with Crippen molar-refractivity contribution < 1.29 is 0 Å². The third-order valence-corrected chi connectivity index (χ3v) is 3.70. The van der Waals surface area contributed by atoms with E-state index in [2.05, 4.69) is 14.1 Å². The molecule has 4 nitrogen and oxygen atoms in total. The highest BCUT2D eigenvalue weighted by molar-refractivity contribution is 7.00. The molecule has 0 radical (unpaired) electrons. The molecule has 0 aliphatic carbocycles. The van der Waals surface area contributed by atoms with E-state index in [1.807, 2.05) is 31.2 Å². The number of nitrogen functional groups attached to an aromatic ring is 1. The predicted molar refractivity (Wildman–Crippen MR) is 81.3 cm³/mol. The number of anilines is 3. The van der Waals surface area contributed by atoms with E-state index in [1.165, 1.54) is 0 Å². The van der Waals surface area contributed by atoms with Crippen LogP contribution in [0.5, 0.6) is 0 Å². The summed E-state index contributed by atoms with van der Waals surface area (Å²) >= 11 is 7.40. The van der Waals surface area contributed by atoms with Crippen molar-refractivity contribution in [3.05, 3.63) is 40.9 Å². The Morgan fingerprint density at radius 2 is 2.05 bits per heavy atom. The monoisotopic (exact) mass is 290 g/mol. The Labute approximate surface area is 119 Å². The molecular formula is C13H11ClN4S. The molecule has 3 rings (SSSR count). The van der Waals surface area contributed by atoms with Gasteiger partial charge in [0.25, 0.3) is 0 Å². The van der Waals surface area contributed by atoms with Gasteiger partial charge in [0.1, 0.15) is 11.0 Å². The Kier molecular flexibility index (Phi) is 3.00. The lowest BCUT2D eigenvalue weighted by atomic mass is 10.2. The second-order valence-corrected chi connectivity index (χ2v) is 5.21. The minimum atomic E-state index is 0.598. The Bertz CT molecular complexity index is 753. The molecule has 0 spiro atoms. The fourth-order valence-electron chi connectivity index (χ4n) is 1.86. The molecule has 1 aromatic heterocycles. The fourth-order valence-corrected chi connectivity index (χ4v) is 2.60. The molecule has 96 valence electrons. The van der Waals surface area contributed by atoms with Crippen molar-refractivity contribution >= 4 is 51.4 Å². The molecule has 0 saturated heterocycles. The second-order valence-electron chi connectivity index (χ2n) is 4.27. The van der Waals surface area contributed by atoms with E-state index in [0.717, 1.165) is 39.7 Å². The molecule has 0 unspecified atom stereocenters. The number of nitrogens with zero attached hydrogens (tertiary/aromatic N) is 2. The molecule has 0 fully saturated rings. The fraction of sp³-hybridized carbons (Fsp3) is 0.0769. The van der Waals surface area contributed by atoms with Crippen LogP contribution in [-0.2, 0) is 0 Å². The van der Waals surface area contributed by atoms with E-state index < -0.39 is 0 Å². The molecule has 0 aliphatic rings. The van der Waals surface area contributed by atoms with Crippen LogP contribution in [0.1, 0.15) is 5.56 Å². The molecule has 6 heteroatoms. The average Bonchev–Trinajstić information content (AvgIpc) is 2.85. The van der Waals surface area contributed by atoms with Gasteiger partial charge in [-0.3, -0.25) is 0 Å². The van der Waals surface area contributed by atoms with Gasteiger partial charge in [-0.1, -0.05) is 17.7 Å². The van der Waals surface area contributed by atoms with Gasteiger partial charge < -0.3 is 11.1 Å². The summed E-state index contributed by atoms with van der Waals surface area (Å²) < 4.78 is 8.47. The first-order valence-corrected chi connectivity index (χ1v) is 6.80. The quantitative estimate of drug-likeness (QED) is 0.701. The third kappa shape index (κ3) is 2.22. The van der Waals surface area contributed by atoms with Gasteiger partial charge in [-0.2, -0.15) is 8.75 Å². The molecular weight excluding hydrogens is 280 g/mol. The van der Waals surface area contributed by atoms with Gasteiger partial charge in [0, 0.05) is 0 Å². The van der Waals surface area contributed by atoms with Crippen molar-refractivity contribution in [2.45, 2.75) is 6.92 Å². The SMILES string of the molecule is Cc1ccc(N)c(Nc2c(Cl)ccc3nsnc23)c1. The molecule has 0 atom stereocenters. The summed E-state index contributed by atoms with van der Waals surface area (Å²) in [6.45, 7) is 2.01. The van der Waals surface area contributed by atoms with Crippen LogP contribution in [0.25, 0.3) is 11.0 Å². The zero-order valence-corrected chi connectivity index (χ0v) is 11.7. The summed E-state index contributed by atoms with van der Waals surface area (Å²) in [6, 6.07) is 9.47. The van der Waals surface area contributed by atoms with E-state index in [4.69, 9.17) is 17.3 Å². The third-order valence-electron chi connectivity index (χ3n) is 2.85. The van der Waals surface area contributed by atoms with Crippen LogP contribution in [0, 0.1) is 6.92 Å². The summed E-state index contributed by atoms with van der Waals surface area (Å²) in [5.74, 6) is 0. The van der Waals surface area contributed by atoms with Gasteiger partial charge in [0.05, 0.1) is 33.8 Å². The molecule has 1 heterocycles. The van der Waals surface area contributed by atoms with Crippen LogP contribution in [-0.4, -0.2) is 8.75 Å². The van der Waals surface area contributed by atoms with Crippen molar-refractivity contribution in [1.82, 2.24) is 8.75 Å². The molecule has 0 amide bonds. The second kappa shape index (κ2) is 4.68. The zero-order chi connectivity index (χ0) is 13.4. The van der Waals surface area contributed by atoms with Crippen LogP contribution in [0.2, 0.25) is 5.02 Å². The van der Waals surface area contributed by atoms with E-state index in [1.54, 1.807) is 6.07 Å². The summed E-state index contributed by atoms with van der Waals surface area (Å²) in [6.07, 6.45) is 0. The Morgan fingerprint density at radius 3 is 2.89 bits per heavy atom. The average molecular weight is 291 g/mol. The van der Waals surface area contributed by atoms with E-state index >= 15 is 0 Å². The number of halogens is 1. The van der Waals surface area contributed by atoms with Crippen LogP contribution < -0.4 is 11.1 Å². The summed E-state index contributed by atoms with van der Waals surface area (Å²) in [7, 11) is 0. The number of nitrogens with one attached hydrogen (secondary N) is 1. The lowest BCUT2D eigenvalue weighted by Gasteiger charge is -2.11. The van der Waals surface area contributed by atoms with Crippen molar-refractivity contribution in [3.8, 4) is 0 Å². The minimum absolute atomic E-state index is 0.598. The summed E-state index contributed by atoms with van der Waals surface area (Å²) in [5.41, 5.74) is 10.9. The highest BCUT2D eigenvalue weighted by atomic mass is 35.5. The molecule has 3 N–H and O–H groups in total. The van der Waals surface area contributed by atoms with Crippen molar-refractivity contribution in [2.75, 3.05) is 11.1 Å². The van der Waals surface area contributed by atoms with Crippen molar-refractivity contribution in [3.63, 3.8) is 0 Å². The highest BCUT2D eigenvalue weighted by Crippen LogP contribution is 2.34. The maximum atomic E-state index is 6.24. The number of hydrogen-bond donors (Lipinski definition) is 2. The number of hydrogen-bond acceptors (Lipinski definition) is 5. The number of fused-ring (bicyclic) bond motifs is 1. The first kappa shape index (κ1) is 12.2. The number of nitrogens with two attached hydrogens (primary N) is 1.